The minimum Gasteiger partial charge on any atom is -0.339 e. The van der Waals surface area contributed by atoms with Crippen LogP contribution in [0.25, 0.3) is 11.4 Å². The minimum absolute atomic E-state index is 0.106. The number of rotatable bonds is 3. The number of benzene rings is 2. The number of halogens is 2. The number of nitrogens with zero attached hydrogens (tertiary/aromatic N) is 3. The predicted octanol–water partition coefficient (Wildman–Crippen LogP) is 5.05. The minimum atomic E-state index is -0.447. The predicted molar refractivity (Wildman–Crippen MR) is 106 cm³/mol. The van der Waals surface area contributed by atoms with Crippen molar-refractivity contribution in [2.45, 2.75) is 18.8 Å². The summed E-state index contributed by atoms with van der Waals surface area (Å²) in [5.74, 6) is 0.806. The zero-order valence-electron chi connectivity index (χ0n) is 14.9. The highest BCUT2D eigenvalue weighted by molar-refractivity contribution is 9.10. The van der Waals surface area contributed by atoms with Crippen LogP contribution in [-0.2, 0) is 0 Å². The third-order valence-electron chi connectivity index (χ3n) is 4.79. The molecule has 0 spiro atoms. The number of para-hydroxylation sites is 1. The summed E-state index contributed by atoms with van der Waals surface area (Å²) < 4.78 is 20.1. The molecule has 2 heterocycles. The molecule has 2 aromatic carbocycles. The molecule has 1 aromatic heterocycles. The van der Waals surface area contributed by atoms with Crippen molar-refractivity contribution >= 4 is 27.6 Å². The largest absolute Gasteiger partial charge is 0.339 e. The van der Waals surface area contributed by atoms with Gasteiger partial charge >= 0.3 is 6.03 Å². The van der Waals surface area contributed by atoms with Gasteiger partial charge in [0.05, 0.1) is 5.69 Å². The van der Waals surface area contributed by atoms with E-state index in [4.69, 9.17) is 4.52 Å². The van der Waals surface area contributed by atoms with Crippen molar-refractivity contribution in [2.24, 2.45) is 0 Å². The summed E-state index contributed by atoms with van der Waals surface area (Å²) >= 11 is 3.41. The molecule has 8 heteroatoms. The van der Waals surface area contributed by atoms with Gasteiger partial charge in [-0.15, -0.1) is 0 Å². The molecule has 2 amide bonds. The molecule has 144 valence electrons. The maximum atomic E-state index is 13.7. The van der Waals surface area contributed by atoms with Crippen LogP contribution >= 0.6 is 15.9 Å². The number of amides is 2. The van der Waals surface area contributed by atoms with Crippen LogP contribution in [0.2, 0.25) is 0 Å². The Bertz CT molecular complexity index is 968. The number of carbonyl (C=O) groups excluding carboxylic acids is 1. The van der Waals surface area contributed by atoms with E-state index in [2.05, 4.69) is 31.4 Å². The third-order valence-corrected chi connectivity index (χ3v) is 5.32. The molecule has 0 unspecified atom stereocenters. The van der Waals surface area contributed by atoms with Gasteiger partial charge in [-0.2, -0.15) is 4.98 Å². The summed E-state index contributed by atoms with van der Waals surface area (Å²) in [6, 6.07) is 13.5. The number of urea groups is 1. The van der Waals surface area contributed by atoms with Gasteiger partial charge in [-0.05, 0) is 49.2 Å². The number of nitrogens with one attached hydrogen (secondary N) is 1. The highest BCUT2D eigenvalue weighted by atomic mass is 79.9. The lowest BCUT2D eigenvalue weighted by molar-refractivity contribution is 0.187. The summed E-state index contributed by atoms with van der Waals surface area (Å²) in [6.45, 7) is 1.09. The summed E-state index contributed by atoms with van der Waals surface area (Å²) in [7, 11) is 0. The molecule has 0 saturated carbocycles. The summed E-state index contributed by atoms with van der Waals surface area (Å²) in [4.78, 5) is 18.6. The lowest BCUT2D eigenvalue weighted by Crippen LogP contribution is -2.40. The van der Waals surface area contributed by atoms with Crippen molar-refractivity contribution in [3.05, 3.63) is 64.7 Å². The normalized spacial score (nSPS) is 14.9. The van der Waals surface area contributed by atoms with E-state index in [9.17, 15) is 9.18 Å². The van der Waals surface area contributed by atoms with E-state index in [0.29, 0.717) is 37.6 Å². The van der Waals surface area contributed by atoms with Gasteiger partial charge in [0.15, 0.2) is 0 Å². The Balaban J connectivity index is 1.36. The van der Waals surface area contributed by atoms with E-state index >= 15 is 0 Å². The molecule has 3 aromatic rings. The maximum absolute atomic E-state index is 13.7. The fourth-order valence-corrected chi connectivity index (χ4v) is 3.47. The van der Waals surface area contributed by atoms with Gasteiger partial charge in [-0.1, -0.05) is 33.2 Å². The molecule has 28 heavy (non-hydrogen) atoms. The first-order valence-corrected chi connectivity index (χ1v) is 9.79. The first-order valence-electron chi connectivity index (χ1n) is 9.00. The molecule has 1 fully saturated rings. The van der Waals surface area contributed by atoms with Crippen molar-refractivity contribution in [1.29, 1.82) is 0 Å². The Hall–Kier alpha value is -2.74. The van der Waals surface area contributed by atoms with Crippen LogP contribution in [-0.4, -0.2) is 34.2 Å². The number of piperidine rings is 1. The van der Waals surface area contributed by atoms with E-state index in [0.717, 1.165) is 10.0 Å². The van der Waals surface area contributed by atoms with Crippen LogP contribution in [0.1, 0.15) is 24.7 Å². The number of anilines is 1. The standard InChI is InChI=1S/C20H18BrFN4O2/c21-15-7-5-13(6-8-15)18-24-19(28-25-18)14-9-11-26(12-10-14)20(27)23-17-4-2-1-3-16(17)22/h1-8,14H,9-12H2,(H,23,27). The number of carbonyl (C=O) groups is 1. The van der Waals surface area contributed by atoms with E-state index < -0.39 is 5.82 Å². The highest BCUT2D eigenvalue weighted by Gasteiger charge is 2.28. The van der Waals surface area contributed by atoms with Gasteiger partial charge in [0.2, 0.25) is 11.7 Å². The van der Waals surface area contributed by atoms with Crippen molar-refractivity contribution < 1.29 is 13.7 Å². The van der Waals surface area contributed by atoms with Crippen LogP contribution in [0, 0.1) is 5.82 Å². The second-order valence-electron chi connectivity index (χ2n) is 6.63. The van der Waals surface area contributed by atoms with E-state index in [1.807, 2.05) is 24.3 Å². The van der Waals surface area contributed by atoms with Crippen LogP contribution < -0.4 is 5.32 Å². The Morgan fingerprint density at radius 3 is 2.57 bits per heavy atom. The molecule has 4 rings (SSSR count). The maximum Gasteiger partial charge on any atom is 0.321 e. The zero-order chi connectivity index (χ0) is 19.5. The molecule has 1 saturated heterocycles. The smallest absolute Gasteiger partial charge is 0.321 e. The van der Waals surface area contributed by atoms with E-state index in [1.54, 1.807) is 23.1 Å². The second kappa shape index (κ2) is 8.10. The lowest BCUT2D eigenvalue weighted by atomic mass is 9.97. The molecule has 1 aliphatic rings. The molecule has 1 N–H and O–H groups in total. The number of hydrogen-bond donors (Lipinski definition) is 1. The van der Waals surface area contributed by atoms with Gasteiger partial charge in [-0.25, -0.2) is 9.18 Å². The van der Waals surface area contributed by atoms with Gasteiger partial charge in [0.1, 0.15) is 5.82 Å². The van der Waals surface area contributed by atoms with Crippen molar-refractivity contribution in [3.63, 3.8) is 0 Å². The molecule has 0 bridgehead atoms. The van der Waals surface area contributed by atoms with Crippen LogP contribution in [0.4, 0.5) is 14.9 Å². The lowest BCUT2D eigenvalue weighted by Gasteiger charge is -2.30. The first-order chi connectivity index (χ1) is 13.6. The molecule has 0 radical (unpaired) electrons. The average Bonchev–Trinajstić information content (AvgIpc) is 3.20. The first kappa shape index (κ1) is 18.6. The van der Waals surface area contributed by atoms with Crippen molar-refractivity contribution in [1.82, 2.24) is 15.0 Å². The molecule has 1 aliphatic heterocycles. The third kappa shape index (κ3) is 4.06. The van der Waals surface area contributed by atoms with E-state index in [-0.39, 0.29) is 17.6 Å². The molecule has 0 aliphatic carbocycles. The molecule has 6 nitrogen and oxygen atoms in total. The summed E-state index contributed by atoms with van der Waals surface area (Å²) in [5, 5.41) is 6.70. The molecular weight excluding hydrogens is 427 g/mol. The number of aromatic nitrogens is 2. The van der Waals surface area contributed by atoms with Crippen molar-refractivity contribution in [3.8, 4) is 11.4 Å². The average molecular weight is 445 g/mol. The van der Waals surface area contributed by atoms with Crippen LogP contribution in [0.3, 0.4) is 0 Å². The monoisotopic (exact) mass is 444 g/mol. The Labute approximate surface area is 169 Å². The van der Waals surface area contributed by atoms with Gasteiger partial charge < -0.3 is 14.7 Å². The summed E-state index contributed by atoms with van der Waals surface area (Å²) in [5.41, 5.74) is 1.07. The summed E-state index contributed by atoms with van der Waals surface area (Å²) in [6.07, 6.45) is 1.43. The molecule has 0 atom stereocenters. The highest BCUT2D eigenvalue weighted by Crippen LogP contribution is 2.29. The Morgan fingerprint density at radius 2 is 1.86 bits per heavy atom. The second-order valence-corrected chi connectivity index (χ2v) is 7.55. The Kier molecular flexibility index (Phi) is 5.38. The number of hydrogen-bond acceptors (Lipinski definition) is 4. The SMILES string of the molecule is O=C(Nc1ccccc1F)N1CCC(c2nc(-c3ccc(Br)cc3)no2)CC1. The fraction of sp³-hybridized carbons (Fsp3) is 0.250. The van der Waals surface area contributed by atoms with Crippen molar-refractivity contribution in [2.75, 3.05) is 18.4 Å². The van der Waals surface area contributed by atoms with E-state index in [1.165, 1.54) is 6.07 Å². The Morgan fingerprint density at radius 1 is 1.14 bits per heavy atom. The van der Waals surface area contributed by atoms with Crippen LogP contribution in [0.15, 0.2) is 57.5 Å². The van der Waals surface area contributed by atoms with Crippen LogP contribution in [0.5, 0.6) is 0 Å². The fourth-order valence-electron chi connectivity index (χ4n) is 3.20. The zero-order valence-corrected chi connectivity index (χ0v) is 16.5. The quantitative estimate of drug-likeness (QED) is 0.613. The van der Waals surface area contributed by atoms with Gasteiger partial charge in [0.25, 0.3) is 0 Å². The van der Waals surface area contributed by atoms with Gasteiger partial charge in [-0.3, -0.25) is 0 Å². The van der Waals surface area contributed by atoms with Gasteiger partial charge in [0, 0.05) is 29.0 Å². The topological polar surface area (TPSA) is 71.3 Å². The number of likely N-dealkylation sites (tertiary alicyclic amines) is 1. The molecular formula is C20H18BrFN4O2.